The second-order valence-electron chi connectivity index (χ2n) is 3.66. The first-order chi connectivity index (χ1) is 8.63. The van der Waals surface area contributed by atoms with Crippen LogP contribution in [0.15, 0.2) is 28.9 Å². The molecule has 1 rings (SSSR count). The van der Waals surface area contributed by atoms with Crippen LogP contribution in [0.3, 0.4) is 0 Å². The molecule has 0 bridgehead atoms. The Morgan fingerprint density at radius 1 is 1.50 bits per heavy atom. The van der Waals surface area contributed by atoms with Crippen LogP contribution in [0.4, 0.5) is 0 Å². The molecular weight excluding hydrogens is 234 g/mol. The fraction of sp³-hybridized carbons (Fsp3) is 0.385. The van der Waals surface area contributed by atoms with Crippen molar-refractivity contribution in [2.24, 2.45) is 0 Å². The number of furan rings is 1. The molecule has 1 aromatic heterocycles. The lowest BCUT2D eigenvalue weighted by atomic mass is 10.3. The summed E-state index contributed by atoms with van der Waals surface area (Å²) in [6.45, 7) is 2.44. The molecule has 98 valence electrons. The van der Waals surface area contributed by atoms with Gasteiger partial charge in [-0.15, -0.1) is 0 Å². The summed E-state index contributed by atoms with van der Waals surface area (Å²) in [4.78, 5) is 24.2. The monoisotopic (exact) mass is 251 g/mol. The maximum atomic E-state index is 11.7. The summed E-state index contributed by atoms with van der Waals surface area (Å²) in [5.74, 6) is 0.130. The molecule has 1 heterocycles. The summed E-state index contributed by atoms with van der Waals surface area (Å²) in [6, 6.07) is 3.50. The number of likely N-dealkylation sites (N-methyl/N-ethyl adjacent to an activating group) is 1. The largest absolute Gasteiger partial charge is 0.466 e. The third-order valence-electron chi connectivity index (χ3n) is 2.27. The maximum absolute atomic E-state index is 11.7. The van der Waals surface area contributed by atoms with Crippen LogP contribution < -0.4 is 0 Å². The van der Waals surface area contributed by atoms with Gasteiger partial charge in [0.2, 0.25) is 5.91 Å². The molecule has 5 heteroatoms. The molecule has 0 aliphatic rings. The molecule has 18 heavy (non-hydrogen) atoms. The van der Waals surface area contributed by atoms with Crippen LogP contribution in [0, 0.1) is 0 Å². The summed E-state index contributed by atoms with van der Waals surface area (Å²) in [5.41, 5.74) is 0. The number of nitrogens with zero attached hydrogens (tertiary/aromatic N) is 1. The quantitative estimate of drug-likeness (QED) is 0.570. The van der Waals surface area contributed by atoms with Gasteiger partial charge in [0, 0.05) is 19.7 Å². The zero-order valence-electron chi connectivity index (χ0n) is 10.6. The smallest absolute Gasteiger partial charge is 0.307 e. The third-order valence-corrected chi connectivity index (χ3v) is 2.27. The van der Waals surface area contributed by atoms with Gasteiger partial charge in [0.1, 0.15) is 5.76 Å². The van der Waals surface area contributed by atoms with Gasteiger partial charge in [-0.1, -0.05) is 0 Å². The van der Waals surface area contributed by atoms with E-state index in [-0.39, 0.29) is 18.3 Å². The number of carbonyl (C=O) groups is 2. The van der Waals surface area contributed by atoms with Gasteiger partial charge < -0.3 is 14.1 Å². The maximum Gasteiger partial charge on any atom is 0.307 e. The van der Waals surface area contributed by atoms with Crippen LogP contribution in [0.1, 0.15) is 19.1 Å². The molecule has 0 aliphatic heterocycles. The molecule has 0 fully saturated rings. The summed E-state index contributed by atoms with van der Waals surface area (Å²) in [6.07, 6.45) is 4.73. The average molecular weight is 251 g/mol. The average Bonchev–Trinajstić information content (AvgIpc) is 2.86. The number of amides is 1. The van der Waals surface area contributed by atoms with Gasteiger partial charge in [0.15, 0.2) is 0 Å². The second-order valence-corrected chi connectivity index (χ2v) is 3.66. The summed E-state index contributed by atoms with van der Waals surface area (Å²) >= 11 is 0. The van der Waals surface area contributed by atoms with E-state index in [0.717, 1.165) is 0 Å². The van der Waals surface area contributed by atoms with Crippen molar-refractivity contribution in [1.82, 2.24) is 4.90 Å². The second kappa shape index (κ2) is 7.32. The number of ether oxygens (including phenoxy) is 1. The van der Waals surface area contributed by atoms with Crippen molar-refractivity contribution in [3.63, 3.8) is 0 Å². The van der Waals surface area contributed by atoms with Crippen LogP contribution in [-0.4, -0.2) is 37.0 Å². The van der Waals surface area contributed by atoms with Gasteiger partial charge in [0.25, 0.3) is 0 Å². The van der Waals surface area contributed by atoms with E-state index in [1.165, 1.54) is 17.2 Å². The number of carbonyl (C=O) groups excluding carboxylic acids is 2. The number of hydrogen-bond donors (Lipinski definition) is 0. The normalized spacial score (nSPS) is 10.6. The fourth-order valence-corrected chi connectivity index (χ4v) is 1.27. The Balaban J connectivity index is 2.35. The predicted molar refractivity (Wildman–Crippen MR) is 66.6 cm³/mol. The molecule has 0 aromatic carbocycles. The minimum atomic E-state index is -0.299. The van der Waals surface area contributed by atoms with E-state index < -0.39 is 0 Å². The van der Waals surface area contributed by atoms with Crippen LogP contribution in [0.2, 0.25) is 0 Å². The molecule has 0 aliphatic carbocycles. The van der Waals surface area contributed by atoms with E-state index in [1.807, 2.05) is 0 Å². The Hall–Kier alpha value is -2.04. The lowest BCUT2D eigenvalue weighted by Gasteiger charge is -2.13. The number of rotatable bonds is 6. The van der Waals surface area contributed by atoms with Gasteiger partial charge in [-0.3, -0.25) is 9.59 Å². The minimum absolute atomic E-state index is 0.185. The van der Waals surface area contributed by atoms with E-state index in [0.29, 0.717) is 18.9 Å². The van der Waals surface area contributed by atoms with E-state index in [1.54, 1.807) is 32.2 Å². The van der Waals surface area contributed by atoms with Gasteiger partial charge in [-0.2, -0.15) is 0 Å². The van der Waals surface area contributed by atoms with E-state index in [9.17, 15) is 9.59 Å². The Labute approximate surface area is 106 Å². The Kier molecular flexibility index (Phi) is 5.70. The van der Waals surface area contributed by atoms with Gasteiger partial charge in [0.05, 0.1) is 19.3 Å². The summed E-state index contributed by atoms with van der Waals surface area (Å²) < 4.78 is 9.84. The molecule has 0 saturated heterocycles. The Bertz CT molecular complexity index is 409. The van der Waals surface area contributed by atoms with E-state index in [2.05, 4.69) is 0 Å². The molecule has 0 N–H and O–H groups in total. The molecule has 0 unspecified atom stereocenters. The lowest BCUT2D eigenvalue weighted by Crippen LogP contribution is -2.27. The minimum Gasteiger partial charge on any atom is -0.466 e. The molecule has 0 saturated carbocycles. The van der Waals surface area contributed by atoms with Crippen molar-refractivity contribution in [3.8, 4) is 0 Å². The molecule has 0 spiro atoms. The molecule has 0 atom stereocenters. The van der Waals surface area contributed by atoms with Crippen LogP contribution in [0.25, 0.3) is 6.08 Å². The highest BCUT2D eigenvalue weighted by atomic mass is 16.5. The van der Waals surface area contributed by atoms with Gasteiger partial charge >= 0.3 is 5.97 Å². The Morgan fingerprint density at radius 2 is 2.28 bits per heavy atom. The number of esters is 1. The predicted octanol–water partition coefficient (Wildman–Crippen LogP) is 1.70. The fourth-order valence-electron chi connectivity index (χ4n) is 1.27. The van der Waals surface area contributed by atoms with Crippen LogP contribution >= 0.6 is 0 Å². The highest BCUT2D eigenvalue weighted by Crippen LogP contribution is 2.03. The van der Waals surface area contributed by atoms with Gasteiger partial charge in [-0.25, -0.2) is 0 Å². The van der Waals surface area contributed by atoms with Crippen LogP contribution in [-0.2, 0) is 14.3 Å². The standard InChI is InChI=1S/C13H17NO4/c1-3-17-13(16)8-9-14(2)12(15)7-6-11-5-4-10-18-11/h4-7,10H,3,8-9H2,1-2H3. The van der Waals surface area contributed by atoms with Crippen molar-refractivity contribution in [2.75, 3.05) is 20.2 Å². The zero-order chi connectivity index (χ0) is 13.4. The highest BCUT2D eigenvalue weighted by molar-refractivity contribution is 5.91. The molecule has 5 nitrogen and oxygen atoms in total. The van der Waals surface area contributed by atoms with Crippen molar-refractivity contribution < 1.29 is 18.7 Å². The third kappa shape index (κ3) is 4.86. The lowest BCUT2D eigenvalue weighted by molar-refractivity contribution is -0.143. The van der Waals surface area contributed by atoms with Crippen LogP contribution in [0.5, 0.6) is 0 Å². The SMILES string of the molecule is CCOC(=O)CCN(C)C(=O)C=Cc1ccco1. The summed E-state index contributed by atoms with van der Waals surface area (Å²) in [7, 11) is 1.63. The molecule has 1 aromatic rings. The van der Waals surface area contributed by atoms with Gasteiger partial charge in [-0.05, 0) is 25.1 Å². The molecule has 1 amide bonds. The van der Waals surface area contributed by atoms with Crippen molar-refractivity contribution in [2.45, 2.75) is 13.3 Å². The van der Waals surface area contributed by atoms with E-state index in [4.69, 9.17) is 9.15 Å². The van der Waals surface area contributed by atoms with Crippen molar-refractivity contribution in [1.29, 1.82) is 0 Å². The Morgan fingerprint density at radius 3 is 2.89 bits per heavy atom. The first-order valence-corrected chi connectivity index (χ1v) is 5.75. The summed E-state index contributed by atoms with van der Waals surface area (Å²) in [5, 5.41) is 0. The molecular formula is C13H17NO4. The number of hydrogen-bond acceptors (Lipinski definition) is 4. The molecule has 0 radical (unpaired) electrons. The van der Waals surface area contributed by atoms with Crippen molar-refractivity contribution >= 4 is 18.0 Å². The van der Waals surface area contributed by atoms with Crippen molar-refractivity contribution in [3.05, 3.63) is 30.2 Å². The zero-order valence-corrected chi connectivity index (χ0v) is 10.6. The highest BCUT2D eigenvalue weighted by Gasteiger charge is 2.08. The first-order valence-electron chi connectivity index (χ1n) is 5.75. The first kappa shape index (κ1) is 14.0. The van der Waals surface area contributed by atoms with E-state index >= 15 is 0 Å². The topological polar surface area (TPSA) is 59.8 Å².